The molecule has 2 aliphatic rings. The number of aromatic nitrogens is 2. The van der Waals surface area contributed by atoms with E-state index in [-0.39, 0.29) is 23.7 Å². The van der Waals surface area contributed by atoms with E-state index in [0.717, 1.165) is 5.56 Å². The quantitative estimate of drug-likeness (QED) is 0.646. The molecule has 0 saturated carbocycles. The van der Waals surface area contributed by atoms with Crippen molar-refractivity contribution >= 4 is 17.5 Å². The third-order valence-corrected chi connectivity index (χ3v) is 4.58. The molecule has 0 N–H and O–H groups in total. The van der Waals surface area contributed by atoms with Crippen molar-refractivity contribution < 1.29 is 9.59 Å². The molecule has 2 heterocycles. The predicted molar refractivity (Wildman–Crippen MR) is 85.6 cm³/mol. The summed E-state index contributed by atoms with van der Waals surface area (Å²) in [6.07, 6.45) is 8.96. The van der Waals surface area contributed by atoms with E-state index < -0.39 is 0 Å². The summed E-state index contributed by atoms with van der Waals surface area (Å²) in [6.45, 7) is 0.617. The van der Waals surface area contributed by atoms with Crippen LogP contribution < -0.4 is 4.90 Å². The lowest BCUT2D eigenvalue weighted by molar-refractivity contribution is -0.122. The van der Waals surface area contributed by atoms with Gasteiger partial charge in [0.15, 0.2) is 0 Å². The molecule has 0 bridgehead atoms. The summed E-state index contributed by atoms with van der Waals surface area (Å²) < 4.78 is 1.82. The summed E-state index contributed by atoms with van der Waals surface area (Å²) in [4.78, 5) is 26.6. The molecule has 0 unspecified atom stereocenters. The Labute approximate surface area is 134 Å². The van der Waals surface area contributed by atoms with Gasteiger partial charge in [-0.2, -0.15) is 5.10 Å². The first-order valence-corrected chi connectivity index (χ1v) is 7.83. The first-order chi connectivity index (χ1) is 11.2. The summed E-state index contributed by atoms with van der Waals surface area (Å²) in [5.41, 5.74) is 1.68. The molecule has 5 heteroatoms. The van der Waals surface area contributed by atoms with Gasteiger partial charge in [0.1, 0.15) is 0 Å². The van der Waals surface area contributed by atoms with Crippen LogP contribution in [0.1, 0.15) is 18.4 Å². The van der Waals surface area contributed by atoms with Gasteiger partial charge in [-0.05, 0) is 36.6 Å². The molecule has 1 aliphatic carbocycles. The highest BCUT2D eigenvalue weighted by atomic mass is 16.2. The van der Waals surface area contributed by atoms with Gasteiger partial charge in [0.25, 0.3) is 0 Å². The Kier molecular flexibility index (Phi) is 3.33. The highest BCUT2D eigenvalue weighted by Crippen LogP contribution is 2.37. The Hall–Kier alpha value is -2.69. The Morgan fingerprint density at radius 2 is 1.78 bits per heavy atom. The zero-order valence-corrected chi connectivity index (χ0v) is 12.6. The van der Waals surface area contributed by atoms with Crippen LogP contribution in [0.15, 0.2) is 54.9 Å². The molecule has 2 amide bonds. The number of hydrogen-bond acceptors (Lipinski definition) is 3. The third-order valence-electron chi connectivity index (χ3n) is 4.58. The average molecular weight is 307 g/mol. The molecule has 2 aromatic rings. The molecule has 116 valence electrons. The molecule has 1 aliphatic heterocycles. The fourth-order valence-electron chi connectivity index (χ4n) is 3.43. The van der Waals surface area contributed by atoms with Crippen LogP contribution in [0.25, 0.3) is 0 Å². The molecule has 2 atom stereocenters. The third kappa shape index (κ3) is 2.38. The van der Waals surface area contributed by atoms with E-state index in [9.17, 15) is 9.59 Å². The van der Waals surface area contributed by atoms with Crippen LogP contribution in [-0.4, -0.2) is 21.6 Å². The van der Waals surface area contributed by atoms with Gasteiger partial charge >= 0.3 is 0 Å². The van der Waals surface area contributed by atoms with Gasteiger partial charge in [0.2, 0.25) is 11.8 Å². The minimum atomic E-state index is -0.192. The maximum Gasteiger partial charge on any atom is 0.238 e. The van der Waals surface area contributed by atoms with Crippen molar-refractivity contribution in [1.82, 2.24) is 9.78 Å². The van der Waals surface area contributed by atoms with Gasteiger partial charge in [-0.25, -0.2) is 0 Å². The van der Waals surface area contributed by atoms with Crippen molar-refractivity contribution in [3.8, 4) is 0 Å². The van der Waals surface area contributed by atoms with Crippen molar-refractivity contribution in [1.29, 1.82) is 0 Å². The molecule has 4 rings (SSSR count). The minimum Gasteiger partial charge on any atom is -0.274 e. The van der Waals surface area contributed by atoms with Crippen LogP contribution in [0.2, 0.25) is 0 Å². The molecule has 0 spiro atoms. The van der Waals surface area contributed by atoms with E-state index in [4.69, 9.17) is 0 Å². The van der Waals surface area contributed by atoms with Crippen molar-refractivity contribution in [2.45, 2.75) is 19.4 Å². The first-order valence-electron chi connectivity index (χ1n) is 7.83. The standard InChI is InChI=1S/C18H17N3O2/c22-17-15-7-1-2-8-16(15)18(23)21(17)14-6-3-5-13(11-14)12-20-10-4-9-19-20/h1-6,9-11,15-16H,7-8,12H2/t15-,16+. The molecule has 0 radical (unpaired) electrons. The maximum atomic E-state index is 12.6. The number of carbonyl (C=O) groups excluding carboxylic acids is 2. The van der Waals surface area contributed by atoms with Crippen molar-refractivity contribution in [2.75, 3.05) is 4.90 Å². The zero-order chi connectivity index (χ0) is 15.8. The lowest BCUT2D eigenvalue weighted by Gasteiger charge is -2.16. The second kappa shape index (κ2) is 5.50. The average Bonchev–Trinajstić information content (AvgIpc) is 3.16. The van der Waals surface area contributed by atoms with E-state index in [1.54, 1.807) is 6.20 Å². The molecule has 1 fully saturated rings. The number of nitrogens with zero attached hydrogens (tertiary/aromatic N) is 3. The van der Waals surface area contributed by atoms with E-state index >= 15 is 0 Å². The highest BCUT2D eigenvalue weighted by molar-refractivity contribution is 6.22. The number of imide groups is 1. The molecule has 1 aromatic heterocycles. The van der Waals surface area contributed by atoms with Crippen LogP contribution in [-0.2, 0) is 16.1 Å². The fraction of sp³-hybridized carbons (Fsp3) is 0.278. The van der Waals surface area contributed by atoms with Crippen LogP contribution in [0.5, 0.6) is 0 Å². The number of carbonyl (C=O) groups is 2. The lowest BCUT2D eigenvalue weighted by Crippen LogP contribution is -2.30. The number of benzene rings is 1. The Bertz CT molecular complexity index is 753. The summed E-state index contributed by atoms with van der Waals surface area (Å²) in [5.74, 6) is -0.522. The fourth-order valence-corrected chi connectivity index (χ4v) is 3.43. The monoisotopic (exact) mass is 307 g/mol. The van der Waals surface area contributed by atoms with E-state index in [0.29, 0.717) is 25.1 Å². The zero-order valence-electron chi connectivity index (χ0n) is 12.6. The predicted octanol–water partition coefficient (Wildman–Crippen LogP) is 2.39. The molecule has 1 saturated heterocycles. The van der Waals surface area contributed by atoms with E-state index in [2.05, 4.69) is 5.10 Å². The van der Waals surface area contributed by atoms with Crippen LogP contribution >= 0.6 is 0 Å². The van der Waals surface area contributed by atoms with Gasteiger partial charge in [0.05, 0.1) is 24.1 Å². The second-order valence-electron chi connectivity index (χ2n) is 6.04. The number of amides is 2. The van der Waals surface area contributed by atoms with Gasteiger partial charge < -0.3 is 0 Å². The topological polar surface area (TPSA) is 55.2 Å². The number of allylic oxidation sites excluding steroid dienone is 2. The van der Waals surface area contributed by atoms with Gasteiger partial charge in [-0.1, -0.05) is 24.3 Å². The van der Waals surface area contributed by atoms with E-state index in [1.807, 2.05) is 53.4 Å². The first kappa shape index (κ1) is 13.9. The summed E-state index contributed by atoms with van der Waals surface area (Å²) in [7, 11) is 0. The van der Waals surface area contributed by atoms with Gasteiger partial charge in [0, 0.05) is 12.4 Å². The van der Waals surface area contributed by atoms with Gasteiger partial charge in [-0.3, -0.25) is 19.2 Å². The normalized spacial score (nSPS) is 23.4. The molecule has 23 heavy (non-hydrogen) atoms. The number of fused-ring (bicyclic) bond motifs is 1. The summed E-state index contributed by atoms with van der Waals surface area (Å²) >= 11 is 0. The van der Waals surface area contributed by atoms with Crippen LogP contribution in [0.3, 0.4) is 0 Å². The number of hydrogen-bond donors (Lipinski definition) is 0. The summed E-state index contributed by atoms with van der Waals surface area (Å²) in [5, 5.41) is 4.19. The van der Waals surface area contributed by atoms with Crippen molar-refractivity contribution in [3.63, 3.8) is 0 Å². The highest BCUT2D eigenvalue weighted by Gasteiger charge is 2.47. The summed E-state index contributed by atoms with van der Waals surface area (Å²) in [6, 6.07) is 9.46. The lowest BCUT2D eigenvalue weighted by atomic mass is 9.85. The Balaban J connectivity index is 1.63. The Morgan fingerprint density at radius 1 is 1.04 bits per heavy atom. The minimum absolute atomic E-state index is 0.0689. The second-order valence-corrected chi connectivity index (χ2v) is 6.04. The maximum absolute atomic E-state index is 12.6. The van der Waals surface area contributed by atoms with Crippen LogP contribution in [0.4, 0.5) is 5.69 Å². The molecular formula is C18H17N3O2. The van der Waals surface area contributed by atoms with Crippen molar-refractivity contribution in [2.24, 2.45) is 11.8 Å². The SMILES string of the molecule is O=C1[C@H]2CC=CC[C@H]2C(=O)N1c1cccc(Cn2cccn2)c1. The van der Waals surface area contributed by atoms with Gasteiger partial charge in [-0.15, -0.1) is 0 Å². The Morgan fingerprint density at radius 3 is 2.43 bits per heavy atom. The molecular weight excluding hydrogens is 290 g/mol. The number of rotatable bonds is 3. The van der Waals surface area contributed by atoms with E-state index in [1.165, 1.54) is 4.90 Å². The van der Waals surface area contributed by atoms with Crippen molar-refractivity contribution in [3.05, 3.63) is 60.4 Å². The smallest absolute Gasteiger partial charge is 0.238 e. The largest absolute Gasteiger partial charge is 0.274 e. The molecule has 1 aromatic carbocycles. The molecule has 5 nitrogen and oxygen atoms in total. The number of anilines is 1. The van der Waals surface area contributed by atoms with Crippen LogP contribution in [0, 0.1) is 11.8 Å².